The molecule has 0 aromatic rings. The molecule has 52 valence electrons. The Balaban J connectivity index is -0.000000125. The van der Waals surface area contributed by atoms with Crippen molar-refractivity contribution in [2.75, 3.05) is 0 Å². The lowest BCUT2D eigenvalue weighted by Gasteiger charge is -1.89. The van der Waals surface area contributed by atoms with Crippen LogP contribution in [0.3, 0.4) is 0 Å². The molecule has 5 heteroatoms. The van der Waals surface area contributed by atoms with Gasteiger partial charge in [0.15, 0.2) is 0 Å². The first-order chi connectivity index (χ1) is 2.64. The first kappa shape index (κ1) is 15.7. The van der Waals surface area contributed by atoms with E-state index in [1.165, 1.54) is 6.92 Å². The number of carbonyl (C=O) groups is 1. The second kappa shape index (κ2) is 6.35. The van der Waals surface area contributed by atoms with Gasteiger partial charge in [-0.15, -0.1) is 0 Å². The fourth-order valence-electron chi connectivity index (χ4n) is 0. The SMILES string of the molecule is CC(O)C(=O)O.[NH4+].[OH-]. The average Bonchev–Trinajstić information content (AvgIpc) is 1.36. The van der Waals surface area contributed by atoms with Crippen LogP contribution < -0.4 is 6.15 Å². The van der Waals surface area contributed by atoms with Gasteiger partial charge in [0.1, 0.15) is 6.10 Å². The standard InChI is InChI=1S/C3H6O3.H3N.H2O/c1-2(4)3(5)6;;/h2,4H,1H3,(H,5,6);1H3;1H2. The molecule has 0 saturated heterocycles. The van der Waals surface area contributed by atoms with E-state index in [0.717, 1.165) is 0 Å². The minimum atomic E-state index is -1.23. The maximum absolute atomic E-state index is 9.45. The van der Waals surface area contributed by atoms with Gasteiger partial charge in [-0.1, -0.05) is 0 Å². The van der Waals surface area contributed by atoms with Gasteiger partial charge in [-0.05, 0) is 6.92 Å². The topological polar surface area (TPSA) is 124 Å². The maximum Gasteiger partial charge on any atom is 0.332 e. The highest BCUT2D eigenvalue weighted by atomic mass is 16.4. The molecule has 0 bridgehead atoms. The minimum absolute atomic E-state index is 0. The van der Waals surface area contributed by atoms with E-state index in [4.69, 9.17) is 10.2 Å². The largest absolute Gasteiger partial charge is 0.870 e. The summed E-state index contributed by atoms with van der Waals surface area (Å²) in [5.74, 6) is -1.19. The van der Waals surface area contributed by atoms with Gasteiger partial charge in [0.25, 0.3) is 0 Å². The Morgan fingerprint density at radius 1 is 1.62 bits per heavy atom. The molecule has 1 unspecified atom stereocenters. The first-order valence-corrected chi connectivity index (χ1v) is 1.55. The van der Waals surface area contributed by atoms with Crippen molar-refractivity contribution < 1.29 is 20.5 Å². The smallest absolute Gasteiger partial charge is 0.332 e. The maximum atomic E-state index is 9.45. The molecule has 0 aromatic heterocycles. The lowest BCUT2D eigenvalue weighted by atomic mass is 10.4. The van der Waals surface area contributed by atoms with Crippen molar-refractivity contribution >= 4 is 5.97 Å². The molecule has 0 fully saturated rings. The van der Waals surface area contributed by atoms with E-state index >= 15 is 0 Å². The highest BCUT2D eigenvalue weighted by molar-refractivity contribution is 5.71. The molecule has 0 spiro atoms. The molecule has 0 aliphatic rings. The summed E-state index contributed by atoms with van der Waals surface area (Å²) < 4.78 is 0. The zero-order valence-electron chi connectivity index (χ0n) is 4.83. The molecule has 5 nitrogen and oxygen atoms in total. The average molecular weight is 125 g/mol. The van der Waals surface area contributed by atoms with Gasteiger partial charge >= 0.3 is 5.97 Å². The van der Waals surface area contributed by atoms with Crippen molar-refractivity contribution in [3.05, 3.63) is 0 Å². The molecule has 0 aliphatic heterocycles. The predicted molar refractivity (Wildman–Crippen MR) is 27.2 cm³/mol. The van der Waals surface area contributed by atoms with E-state index in [-0.39, 0.29) is 11.6 Å². The summed E-state index contributed by atoms with van der Waals surface area (Å²) in [5, 5.41) is 15.8. The molecule has 0 heterocycles. The van der Waals surface area contributed by atoms with E-state index in [0.29, 0.717) is 0 Å². The van der Waals surface area contributed by atoms with Gasteiger partial charge in [0.05, 0.1) is 0 Å². The summed E-state index contributed by atoms with van der Waals surface area (Å²) in [4.78, 5) is 9.45. The van der Waals surface area contributed by atoms with Crippen LogP contribution in [0.2, 0.25) is 0 Å². The molecule has 1 atom stereocenters. The van der Waals surface area contributed by atoms with Gasteiger partial charge in [0.2, 0.25) is 0 Å². The molecule has 0 aliphatic carbocycles. The Bertz CT molecular complexity index is 62.3. The molecular formula is C3H11NO4. The van der Waals surface area contributed by atoms with Crippen LogP contribution in [0.5, 0.6) is 0 Å². The van der Waals surface area contributed by atoms with Crippen LogP contribution in [-0.4, -0.2) is 27.8 Å². The zero-order valence-corrected chi connectivity index (χ0v) is 4.83. The summed E-state index contributed by atoms with van der Waals surface area (Å²) in [7, 11) is 0. The summed E-state index contributed by atoms with van der Waals surface area (Å²) in [6, 6.07) is 0. The highest BCUT2D eigenvalue weighted by Gasteiger charge is 2.01. The molecule has 8 heavy (non-hydrogen) atoms. The minimum Gasteiger partial charge on any atom is -0.870 e. The fourth-order valence-corrected chi connectivity index (χ4v) is 0. The van der Waals surface area contributed by atoms with Gasteiger partial charge in [0, 0.05) is 0 Å². The Labute approximate surface area is 46.8 Å². The second-order valence-electron chi connectivity index (χ2n) is 1.01. The predicted octanol–water partition coefficient (Wildman–Crippen LogP) is -0.349. The van der Waals surface area contributed by atoms with Crippen molar-refractivity contribution in [3.63, 3.8) is 0 Å². The third-order valence-electron chi connectivity index (χ3n) is 0.357. The second-order valence-corrected chi connectivity index (χ2v) is 1.01. The first-order valence-electron chi connectivity index (χ1n) is 1.55. The van der Waals surface area contributed by atoms with Crippen LogP contribution in [0.1, 0.15) is 6.92 Å². The van der Waals surface area contributed by atoms with Crippen LogP contribution in [0, 0.1) is 0 Å². The molecule has 0 rings (SSSR count). The van der Waals surface area contributed by atoms with Gasteiger partial charge in [-0.2, -0.15) is 0 Å². The van der Waals surface area contributed by atoms with Crippen molar-refractivity contribution in [1.29, 1.82) is 0 Å². The summed E-state index contributed by atoms with van der Waals surface area (Å²) in [6.07, 6.45) is -1.23. The van der Waals surface area contributed by atoms with E-state index in [1.807, 2.05) is 0 Å². The number of carboxylic acids is 1. The number of quaternary nitrogens is 1. The number of aliphatic carboxylic acids is 1. The zero-order chi connectivity index (χ0) is 5.15. The lowest BCUT2D eigenvalue weighted by molar-refractivity contribution is -0.145. The molecule has 0 aromatic carbocycles. The van der Waals surface area contributed by atoms with E-state index in [9.17, 15) is 4.79 Å². The highest BCUT2D eigenvalue weighted by Crippen LogP contribution is 1.73. The van der Waals surface area contributed by atoms with Gasteiger partial charge < -0.3 is 21.8 Å². The third-order valence-corrected chi connectivity index (χ3v) is 0.357. The Morgan fingerprint density at radius 3 is 1.75 bits per heavy atom. The number of carboxylic acid groups (broad SMARTS) is 1. The molecule has 0 amide bonds. The molecule has 7 N–H and O–H groups in total. The lowest BCUT2D eigenvalue weighted by Crippen LogP contribution is -2.13. The number of aliphatic hydroxyl groups is 1. The van der Waals surface area contributed by atoms with Crippen LogP contribution in [0.25, 0.3) is 0 Å². The summed E-state index contributed by atoms with van der Waals surface area (Å²) >= 11 is 0. The van der Waals surface area contributed by atoms with Crippen LogP contribution in [0.15, 0.2) is 0 Å². The fraction of sp³-hybridized carbons (Fsp3) is 0.667. The number of rotatable bonds is 1. The number of hydrogen-bond acceptors (Lipinski definition) is 3. The number of aliphatic hydroxyl groups excluding tert-OH is 1. The van der Waals surface area contributed by atoms with E-state index in [1.54, 1.807) is 0 Å². The van der Waals surface area contributed by atoms with Crippen LogP contribution in [-0.2, 0) is 4.79 Å². The van der Waals surface area contributed by atoms with Gasteiger partial charge in [-0.3, -0.25) is 0 Å². The summed E-state index contributed by atoms with van der Waals surface area (Å²) in [6.45, 7) is 1.20. The van der Waals surface area contributed by atoms with E-state index in [2.05, 4.69) is 0 Å². The van der Waals surface area contributed by atoms with Crippen LogP contribution >= 0.6 is 0 Å². The number of hydrogen-bond donors (Lipinski definition) is 3. The third kappa shape index (κ3) is 9.02. The monoisotopic (exact) mass is 125 g/mol. The Hall–Kier alpha value is -0.650. The Morgan fingerprint density at radius 2 is 1.75 bits per heavy atom. The normalized spacial score (nSPS) is 10.2. The van der Waals surface area contributed by atoms with E-state index < -0.39 is 12.1 Å². The van der Waals surface area contributed by atoms with Gasteiger partial charge in [-0.25, -0.2) is 4.79 Å². The van der Waals surface area contributed by atoms with Crippen molar-refractivity contribution in [2.45, 2.75) is 13.0 Å². The quantitative estimate of drug-likeness (QED) is 0.443. The molecule has 0 radical (unpaired) electrons. The molecule has 0 saturated carbocycles. The van der Waals surface area contributed by atoms with Crippen LogP contribution in [0.4, 0.5) is 0 Å². The van der Waals surface area contributed by atoms with Crippen molar-refractivity contribution in [2.24, 2.45) is 0 Å². The summed E-state index contributed by atoms with van der Waals surface area (Å²) in [5.41, 5.74) is 0. The van der Waals surface area contributed by atoms with Crippen molar-refractivity contribution in [3.8, 4) is 0 Å². The molecular weight excluding hydrogens is 114 g/mol. The Kier molecular flexibility index (Phi) is 12.4. The van der Waals surface area contributed by atoms with Crippen molar-refractivity contribution in [1.82, 2.24) is 6.15 Å².